The molecule has 0 bridgehead atoms. The van der Waals surface area contributed by atoms with Crippen LogP contribution in [0.15, 0.2) is 47.1 Å². The minimum atomic E-state index is 0.950. The van der Waals surface area contributed by atoms with Crippen molar-refractivity contribution in [2.24, 2.45) is 0 Å². The monoisotopic (exact) mass is 325 g/mol. The molecule has 0 unspecified atom stereocenters. The van der Waals surface area contributed by atoms with Crippen LogP contribution in [-0.4, -0.2) is 28.0 Å². The molecule has 0 atom stereocenters. The lowest BCUT2D eigenvalue weighted by atomic mass is 9.95. The van der Waals surface area contributed by atoms with E-state index in [2.05, 4.69) is 55.6 Å². The Bertz CT molecular complexity index is 628. The van der Waals surface area contributed by atoms with E-state index in [0.29, 0.717) is 0 Å². The molecule has 0 aromatic carbocycles. The second-order valence-corrected chi connectivity index (χ2v) is 6.79. The normalized spacial score (nSPS) is 16.7. The zero-order valence-corrected chi connectivity index (χ0v) is 15.9. The topological polar surface area (TPSA) is 29.0 Å². The van der Waals surface area contributed by atoms with Gasteiger partial charge < -0.3 is 4.90 Å². The molecule has 1 aliphatic rings. The fraction of sp³-hybridized carbons (Fsp3) is 0.524. The van der Waals surface area contributed by atoms with Crippen LogP contribution in [0.5, 0.6) is 0 Å². The maximum atomic E-state index is 4.48. The Morgan fingerprint density at radius 2 is 1.79 bits per heavy atom. The summed E-state index contributed by atoms with van der Waals surface area (Å²) in [5.74, 6) is 0. The summed E-state index contributed by atoms with van der Waals surface area (Å²) in [6.45, 7) is 13.5. The second kappa shape index (κ2) is 8.81. The van der Waals surface area contributed by atoms with E-state index < -0.39 is 0 Å². The van der Waals surface area contributed by atoms with Gasteiger partial charge in [-0.3, -0.25) is 9.97 Å². The van der Waals surface area contributed by atoms with E-state index >= 15 is 0 Å². The Morgan fingerprint density at radius 1 is 1.08 bits per heavy atom. The van der Waals surface area contributed by atoms with Crippen LogP contribution in [-0.2, 0) is 0 Å². The molecule has 0 amide bonds. The van der Waals surface area contributed by atoms with Crippen molar-refractivity contribution in [2.75, 3.05) is 13.1 Å². The van der Waals surface area contributed by atoms with Gasteiger partial charge in [0.05, 0.1) is 11.9 Å². The first kappa shape index (κ1) is 18.4. The van der Waals surface area contributed by atoms with Crippen LogP contribution >= 0.6 is 0 Å². The molecule has 1 fully saturated rings. The van der Waals surface area contributed by atoms with Crippen LogP contribution in [0.25, 0.3) is 5.57 Å². The van der Waals surface area contributed by atoms with Crippen molar-refractivity contribution in [1.29, 1.82) is 0 Å². The second-order valence-electron chi connectivity index (χ2n) is 6.79. The molecule has 3 heteroatoms. The average molecular weight is 325 g/mol. The van der Waals surface area contributed by atoms with Gasteiger partial charge in [0, 0.05) is 31.2 Å². The number of nitrogens with zero attached hydrogens (tertiary/aromatic N) is 3. The summed E-state index contributed by atoms with van der Waals surface area (Å²) < 4.78 is 0. The van der Waals surface area contributed by atoms with Gasteiger partial charge in [-0.25, -0.2) is 0 Å². The van der Waals surface area contributed by atoms with Crippen LogP contribution in [0.4, 0.5) is 0 Å². The highest BCUT2D eigenvalue weighted by atomic mass is 15.1. The predicted molar refractivity (Wildman–Crippen MR) is 102 cm³/mol. The smallest absolute Gasteiger partial charge is 0.0844 e. The Morgan fingerprint density at radius 3 is 2.33 bits per heavy atom. The Balaban J connectivity index is 2.38. The zero-order chi connectivity index (χ0) is 17.5. The standard InChI is InChI=1S/C21H31N3/c1-6-19(21-15-22-10-11-23-21)14-20(16(2)3)17(4)18(5)24-12-8-7-9-13-24/h10-11,14-15H,6-9,12-13H2,1-5H3/b18-17+,19-14+. The van der Waals surface area contributed by atoms with Crippen molar-refractivity contribution < 1.29 is 0 Å². The Hall–Kier alpha value is -1.90. The highest BCUT2D eigenvalue weighted by molar-refractivity contribution is 5.67. The van der Waals surface area contributed by atoms with Crippen molar-refractivity contribution in [1.82, 2.24) is 14.9 Å². The average Bonchev–Trinajstić information content (AvgIpc) is 2.62. The molecular formula is C21H31N3. The van der Waals surface area contributed by atoms with Crippen LogP contribution < -0.4 is 0 Å². The number of aromatic nitrogens is 2. The van der Waals surface area contributed by atoms with Gasteiger partial charge in [0.2, 0.25) is 0 Å². The number of piperidine rings is 1. The zero-order valence-electron chi connectivity index (χ0n) is 15.9. The van der Waals surface area contributed by atoms with Crippen LogP contribution in [0.3, 0.4) is 0 Å². The number of rotatable bonds is 5. The van der Waals surface area contributed by atoms with Crippen molar-refractivity contribution in [3.05, 3.63) is 52.8 Å². The summed E-state index contributed by atoms with van der Waals surface area (Å²) in [6.07, 6.45) is 12.6. The summed E-state index contributed by atoms with van der Waals surface area (Å²) >= 11 is 0. The number of allylic oxidation sites excluding steroid dienone is 6. The molecule has 1 aliphatic heterocycles. The quantitative estimate of drug-likeness (QED) is 0.680. The van der Waals surface area contributed by atoms with Gasteiger partial charge in [-0.1, -0.05) is 12.5 Å². The van der Waals surface area contributed by atoms with Gasteiger partial charge in [-0.05, 0) is 76.2 Å². The van der Waals surface area contributed by atoms with Crippen molar-refractivity contribution in [3.63, 3.8) is 0 Å². The van der Waals surface area contributed by atoms with E-state index in [1.165, 1.54) is 60.3 Å². The van der Waals surface area contributed by atoms with E-state index in [1.807, 2.05) is 6.20 Å². The lowest BCUT2D eigenvalue weighted by molar-refractivity contribution is 0.284. The molecule has 1 aromatic rings. The highest BCUT2D eigenvalue weighted by Gasteiger charge is 2.14. The number of likely N-dealkylation sites (tertiary alicyclic amines) is 1. The van der Waals surface area contributed by atoms with Gasteiger partial charge in [0.15, 0.2) is 0 Å². The highest BCUT2D eigenvalue weighted by Crippen LogP contribution is 2.27. The molecule has 24 heavy (non-hydrogen) atoms. The maximum absolute atomic E-state index is 4.48. The van der Waals surface area contributed by atoms with Crippen LogP contribution in [0, 0.1) is 0 Å². The van der Waals surface area contributed by atoms with Crippen LogP contribution in [0.1, 0.15) is 66.0 Å². The Labute approximate surface area is 147 Å². The molecule has 0 saturated carbocycles. The number of hydrogen-bond acceptors (Lipinski definition) is 3. The fourth-order valence-corrected chi connectivity index (χ4v) is 3.29. The minimum absolute atomic E-state index is 0.950. The van der Waals surface area contributed by atoms with Gasteiger partial charge >= 0.3 is 0 Å². The third-order valence-electron chi connectivity index (χ3n) is 4.91. The molecule has 130 valence electrons. The molecule has 2 heterocycles. The van der Waals surface area contributed by atoms with Crippen molar-refractivity contribution in [3.8, 4) is 0 Å². The first-order valence-corrected chi connectivity index (χ1v) is 9.11. The van der Waals surface area contributed by atoms with Crippen molar-refractivity contribution >= 4 is 5.57 Å². The predicted octanol–water partition coefficient (Wildman–Crippen LogP) is 5.39. The molecule has 0 N–H and O–H groups in total. The summed E-state index contributed by atoms with van der Waals surface area (Å²) in [6, 6.07) is 0. The molecule has 0 spiro atoms. The van der Waals surface area contributed by atoms with E-state index in [9.17, 15) is 0 Å². The SMILES string of the molecule is CC/C(=C\C(=C(C)C)/C(C)=C(\C)N1CCCCC1)c1cnccn1. The largest absolute Gasteiger partial charge is 0.375 e. The summed E-state index contributed by atoms with van der Waals surface area (Å²) in [7, 11) is 0. The molecule has 3 nitrogen and oxygen atoms in total. The van der Waals surface area contributed by atoms with E-state index in [1.54, 1.807) is 12.4 Å². The molecule has 1 aromatic heterocycles. The maximum Gasteiger partial charge on any atom is 0.0844 e. The van der Waals surface area contributed by atoms with Crippen molar-refractivity contribution in [2.45, 2.75) is 60.3 Å². The fourth-order valence-electron chi connectivity index (χ4n) is 3.29. The van der Waals surface area contributed by atoms with Gasteiger partial charge in [-0.2, -0.15) is 0 Å². The molecular weight excluding hydrogens is 294 g/mol. The molecule has 0 aliphatic carbocycles. The van der Waals surface area contributed by atoms with E-state index in [-0.39, 0.29) is 0 Å². The lowest BCUT2D eigenvalue weighted by Crippen LogP contribution is -2.28. The first-order valence-electron chi connectivity index (χ1n) is 9.11. The first-order chi connectivity index (χ1) is 11.5. The third kappa shape index (κ3) is 4.56. The number of hydrogen-bond donors (Lipinski definition) is 0. The Kier molecular flexibility index (Phi) is 6.77. The lowest BCUT2D eigenvalue weighted by Gasteiger charge is -2.31. The summed E-state index contributed by atoms with van der Waals surface area (Å²) in [5, 5.41) is 0. The molecule has 1 saturated heterocycles. The van der Waals surface area contributed by atoms with E-state index in [0.717, 1.165) is 12.1 Å². The van der Waals surface area contributed by atoms with Gasteiger partial charge in [0.1, 0.15) is 0 Å². The summed E-state index contributed by atoms with van der Waals surface area (Å²) in [5.41, 5.74) is 7.69. The molecule has 0 radical (unpaired) electrons. The van der Waals surface area contributed by atoms with Crippen LogP contribution in [0.2, 0.25) is 0 Å². The van der Waals surface area contributed by atoms with Gasteiger partial charge in [0.25, 0.3) is 0 Å². The van der Waals surface area contributed by atoms with Gasteiger partial charge in [-0.15, -0.1) is 0 Å². The minimum Gasteiger partial charge on any atom is -0.375 e. The van der Waals surface area contributed by atoms with E-state index in [4.69, 9.17) is 0 Å². The summed E-state index contributed by atoms with van der Waals surface area (Å²) in [4.78, 5) is 11.2. The third-order valence-corrected chi connectivity index (χ3v) is 4.91. The molecule has 2 rings (SSSR count).